The first-order valence-electron chi connectivity index (χ1n) is 9.58. The summed E-state index contributed by atoms with van der Waals surface area (Å²) in [6.45, 7) is 0.710. The van der Waals surface area contributed by atoms with Crippen LogP contribution in [0.3, 0.4) is 0 Å². The Kier molecular flexibility index (Phi) is 8.03. The second-order valence-corrected chi connectivity index (χ2v) is 8.88. The highest BCUT2D eigenvalue weighted by molar-refractivity contribution is 8.01. The second kappa shape index (κ2) is 10.9. The third kappa shape index (κ3) is 5.75. The first-order chi connectivity index (χ1) is 15.4. The SMILES string of the molecule is COCCCN(C(=O)CSc1nnc(N)s1)c1c(N)n(Cc2ccccc2)c(=O)[nH]c1=O. The lowest BCUT2D eigenvalue weighted by Crippen LogP contribution is -2.42. The van der Waals surface area contributed by atoms with E-state index in [1.54, 1.807) is 7.11 Å². The number of thioether (sulfide) groups is 1. The minimum atomic E-state index is -0.729. The van der Waals surface area contributed by atoms with Crippen molar-refractivity contribution >= 4 is 45.6 Å². The molecule has 32 heavy (non-hydrogen) atoms. The average Bonchev–Trinajstić information content (AvgIpc) is 3.19. The van der Waals surface area contributed by atoms with Crippen molar-refractivity contribution in [2.45, 2.75) is 17.3 Å². The highest BCUT2D eigenvalue weighted by atomic mass is 32.2. The second-order valence-electron chi connectivity index (χ2n) is 6.65. The Bertz CT molecular complexity index is 1180. The number of carbonyl (C=O) groups excluding carboxylic acids is 1. The Balaban J connectivity index is 1.93. The molecule has 0 unspecified atom stereocenters. The van der Waals surface area contributed by atoms with E-state index in [0.717, 1.165) is 28.7 Å². The number of rotatable bonds is 10. The molecule has 13 heteroatoms. The van der Waals surface area contributed by atoms with E-state index in [0.29, 0.717) is 22.5 Å². The lowest BCUT2D eigenvalue weighted by Gasteiger charge is -2.24. The van der Waals surface area contributed by atoms with Gasteiger partial charge in [-0.25, -0.2) is 4.79 Å². The molecule has 11 nitrogen and oxygen atoms in total. The molecule has 0 aliphatic carbocycles. The summed E-state index contributed by atoms with van der Waals surface area (Å²) < 4.78 is 6.84. The van der Waals surface area contributed by atoms with Gasteiger partial charge in [-0.15, -0.1) is 10.2 Å². The summed E-state index contributed by atoms with van der Waals surface area (Å²) in [6, 6.07) is 9.20. The van der Waals surface area contributed by atoms with Crippen molar-refractivity contribution in [3.8, 4) is 0 Å². The lowest BCUT2D eigenvalue weighted by molar-refractivity contribution is -0.116. The number of anilines is 3. The number of nitrogens with zero attached hydrogens (tertiary/aromatic N) is 4. The summed E-state index contributed by atoms with van der Waals surface area (Å²) in [4.78, 5) is 41.8. The number of nitrogen functional groups attached to an aromatic ring is 2. The molecule has 2 aromatic heterocycles. The van der Waals surface area contributed by atoms with Crippen molar-refractivity contribution < 1.29 is 9.53 Å². The third-order valence-electron chi connectivity index (χ3n) is 4.44. The van der Waals surface area contributed by atoms with E-state index >= 15 is 0 Å². The maximum atomic E-state index is 13.1. The average molecular weight is 478 g/mol. The van der Waals surface area contributed by atoms with Gasteiger partial charge in [-0.2, -0.15) is 0 Å². The van der Waals surface area contributed by atoms with Gasteiger partial charge in [0, 0.05) is 20.3 Å². The van der Waals surface area contributed by atoms with E-state index in [-0.39, 0.29) is 36.3 Å². The van der Waals surface area contributed by atoms with Gasteiger partial charge in [-0.05, 0) is 12.0 Å². The molecule has 0 atom stereocenters. The fraction of sp³-hybridized carbons (Fsp3) is 0.316. The molecule has 5 N–H and O–H groups in total. The van der Waals surface area contributed by atoms with Crippen LogP contribution < -0.4 is 27.6 Å². The summed E-state index contributed by atoms with van der Waals surface area (Å²) in [7, 11) is 1.54. The van der Waals surface area contributed by atoms with Crippen LogP contribution in [0, 0.1) is 0 Å². The number of aromatic nitrogens is 4. The van der Waals surface area contributed by atoms with Crippen LogP contribution in [-0.4, -0.2) is 51.7 Å². The molecule has 1 aromatic carbocycles. The standard InChI is InChI=1S/C19H23N7O4S2/c1-30-9-5-8-25(13(27)11-31-19-24-23-17(21)32-19)14-15(20)26(18(29)22-16(14)28)10-12-6-3-2-4-7-12/h2-4,6-7H,5,8-11,20H2,1H3,(H2,21,23)(H,22,28,29). The fourth-order valence-corrected chi connectivity index (χ4v) is 4.48. The zero-order chi connectivity index (χ0) is 23.1. The van der Waals surface area contributed by atoms with Gasteiger partial charge >= 0.3 is 5.69 Å². The van der Waals surface area contributed by atoms with Crippen molar-refractivity contribution in [2.24, 2.45) is 0 Å². The molecule has 1 amide bonds. The number of aromatic amines is 1. The molecule has 0 fully saturated rings. The number of amides is 1. The van der Waals surface area contributed by atoms with Crippen LogP contribution in [0.25, 0.3) is 0 Å². The first kappa shape index (κ1) is 23.5. The normalized spacial score (nSPS) is 10.9. The third-order valence-corrected chi connectivity index (χ3v) is 6.31. The predicted octanol–water partition coefficient (Wildman–Crippen LogP) is 0.763. The van der Waals surface area contributed by atoms with Crippen LogP contribution in [-0.2, 0) is 16.1 Å². The van der Waals surface area contributed by atoms with E-state index in [1.165, 1.54) is 9.47 Å². The van der Waals surface area contributed by atoms with Gasteiger partial charge in [0.25, 0.3) is 5.56 Å². The molecule has 3 aromatic rings. The summed E-state index contributed by atoms with van der Waals surface area (Å²) in [6.07, 6.45) is 0.468. The number of H-pyrrole nitrogens is 1. The molecule has 0 aliphatic rings. The largest absolute Gasteiger partial charge is 0.385 e. The van der Waals surface area contributed by atoms with E-state index in [2.05, 4.69) is 15.2 Å². The fourth-order valence-electron chi connectivity index (χ4n) is 2.97. The van der Waals surface area contributed by atoms with Gasteiger partial charge in [0.15, 0.2) is 10.0 Å². The topological polar surface area (TPSA) is 162 Å². The van der Waals surface area contributed by atoms with Crippen molar-refractivity contribution in [3.63, 3.8) is 0 Å². The minimum Gasteiger partial charge on any atom is -0.385 e. The highest BCUT2D eigenvalue weighted by Crippen LogP contribution is 2.25. The summed E-state index contributed by atoms with van der Waals surface area (Å²) >= 11 is 2.31. The quantitative estimate of drug-likeness (QED) is 0.283. The zero-order valence-electron chi connectivity index (χ0n) is 17.3. The van der Waals surface area contributed by atoms with E-state index < -0.39 is 11.2 Å². The zero-order valence-corrected chi connectivity index (χ0v) is 18.9. The van der Waals surface area contributed by atoms with Crippen LogP contribution in [0.2, 0.25) is 0 Å². The minimum absolute atomic E-state index is 0.0156. The summed E-state index contributed by atoms with van der Waals surface area (Å²) in [5, 5.41) is 7.90. The molecule has 3 rings (SSSR count). The Morgan fingerprint density at radius 2 is 2.00 bits per heavy atom. The Morgan fingerprint density at radius 1 is 1.25 bits per heavy atom. The van der Waals surface area contributed by atoms with E-state index in [9.17, 15) is 14.4 Å². The Morgan fingerprint density at radius 3 is 2.66 bits per heavy atom. The van der Waals surface area contributed by atoms with Crippen LogP contribution in [0.1, 0.15) is 12.0 Å². The van der Waals surface area contributed by atoms with Crippen LogP contribution in [0.4, 0.5) is 16.6 Å². The number of methoxy groups -OCH3 is 1. The predicted molar refractivity (Wildman–Crippen MR) is 125 cm³/mol. The molecule has 170 valence electrons. The van der Waals surface area contributed by atoms with Gasteiger partial charge in [0.2, 0.25) is 11.0 Å². The van der Waals surface area contributed by atoms with Crippen molar-refractivity contribution in [2.75, 3.05) is 42.4 Å². The number of ether oxygens (including phenoxy) is 1. The summed E-state index contributed by atoms with van der Waals surface area (Å²) in [5.41, 5.74) is 11.2. The van der Waals surface area contributed by atoms with Gasteiger partial charge in [0.05, 0.1) is 12.3 Å². The summed E-state index contributed by atoms with van der Waals surface area (Å²) in [5.74, 6) is -0.473. The number of benzene rings is 1. The lowest BCUT2D eigenvalue weighted by atomic mass is 10.2. The van der Waals surface area contributed by atoms with Gasteiger partial charge in [-0.3, -0.25) is 19.1 Å². The van der Waals surface area contributed by atoms with Crippen molar-refractivity contribution in [1.82, 2.24) is 19.7 Å². The van der Waals surface area contributed by atoms with Crippen molar-refractivity contribution in [3.05, 3.63) is 56.7 Å². The van der Waals surface area contributed by atoms with Crippen molar-refractivity contribution in [1.29, 1.82) is 0 Å². The molecule has 0 bridgehead atoms. The van der Waals surface area contributed by atoms with Crippen LogP contribution >= 0.6 is 23.1 Å². The molecule has 0 saturated heterocycles. The molecule has 2 heterocycles. The van der Waals surface area contributed by atoms with E-state index in [1.807, 2.05) is 30.3 Å². The molecular formula is C19H23N7O4S2. The van der Waals surface area contributed by atoms with E-state index in [4.69, 9.17) is 16.2 Å². The van der Waals surface area contributed by atoms with Crippen LogP contribution in [0.5, 0.6) is 0 Å². The Hall–Kier alpha value is -3.16. The number of nitrogens with one attached hydrogen (secondary N) is 1. The maximum Gasteiger partial charge on any atom is 0.330 e. The molecule has 0 aliphatic heterocycles. The first-order valence-corrected chi connectivity index (χ1v) is 11.4. The van der Waals surface area contributed by atoms with Gasteiger partial charge < -0.3 is 21.1 Å². The van der Waals surface area contributed by atoms with Crippen LogP contribution in [0.15, 0.2) is 44.3 Å². The number of hydrogen-bond donors (Lipinski definition) is 3. The molecule has 0 spiro atoms. The monoisotopic (exact) mass is 477 g/mol. The maximum absolute atomic E-state index is 13.1. The molecule has 0 radical (unpaired) electrons. The van der Waals surface area contributed by atoms with Gasteiger partial charge in [0.1, 0.15) is 5.82 Å². The number of nitrogens with two attached hydrogens (primary N) is 2. The smallest absolute Gasteiger partial charge is 0.330 e. The number of hydrogen-bond acceptors (Lipinski definition) is 10. The molecule has 0 saturated carbocycles. The Labute approximate surface area is 191 Å². The van der Waals surface area contributed by atoms with Gasteiger partial charge in [-0.1, -0.05) is 53.4 Å². The molecular weight excluding hydrogens is 454 g/mol. The highest BCUT2D eigenvalue weighted by Gasteiger charge is 2.24. The number of carbonyl (C=O) groups is 1.